The van der Waals surface area contributed by atoms with Gasteiger partial charge in [-0.1, -0.05) is 19.0 Å². The predicted octanol–water partition coefficient (Wildman–Crippen LogP) is 4.06. The minimum Gasteiger partial charge on any atom is -0.493 e. The number of hydrogen-bond donors (Lipinski definition) is 1. The Hall–Kier alpha value is -3.67. The first-order valence-corrected chi connectivity index (χ1v) is 11.7. The summed E-state index contributed by atoms with van der Waals surface area (Å²) >= 11 is 0. The van der Waals surface area contributed by atoms with Crippen LogP contribution in [0.5, 0.6) is 23.0 Å². The van der Waals surface area contributed by atoms with Crippen molar-refractivity contribution in [2.24, 2.45) is 11.1 Å². The van der Waals surface area contributed by atoms with E-state index in [9.17, 15) is 13.2 Å². The second-order valence-electron chi connectivity index (χ2n) is 7.45. The highest BCUT2D eigenvalue weighted by Gasteiger charge is 2.29. The number of carbonyl (C=O) groups is 1. The molecule has 34 heavy (non-hydrogen) atoms. The van der Waals surface area contributed by atoms with Crippen LogP contribution < -0.4 is 23.7 Å². The number of nitrogens with zero attached hydrogens (tertiary/aromatic N) is 1. The number of ether oxygens (including phenoxy) is 4. The van der Waals surface area contributed by atoms with Gasteiger partial charge in [0.05, 0.1) is 26.5 Å². The SMILES string of the molecule is COc1ccc(OS(=O)(=O)ON=CCCOc2ccc3c(c2)C(C(C)C)OC(=O)N3)cc1OC. The Morgan fingerprint density at radius 2 is 1.82 bits per heavy atom. The maximum atomic E-state index is 12.0. The number of carbonyl (C=O) groups excluding carboxylic acids is 1. The molecule has 1 N–H and O–H groups in total. The lowest BCUT2D eigenvalue weighted by Gasteiger charge is -2.29. The number of anilines is 1. The van der Waals surface area contributed by atoms with Crippen molar-refractivity contribution in [1.29, 1.82) is 0 Å². The van der Waals surface area contributed by atoms with Gasteiger partial charge in [0.15, 0.2) is 11.5 Å². The summed E-state index contributed by atoms with van der Waals surface area (Å²) in [6.07, 6.45) is 0.650. The summed E-state index contributed by atoms with van der Waals surface area (Å²) in [5.74, 6) is 1.35. The van der Waals surface area contributed by atoms with E-state index in [-0.39, 0.29) is 30.8 Å². The largest absolute Gasteiger partial charge is 0.521 e. The molecule has 1 aliphatic heterocycles. The zero-order valence-corrected chi connectivity index (χ0v) is 20.0. The Balaban J connectivity index is 1.50. The smallest absolute Gasteiger partial charge is 0.493 e. The first kappa shape index (κ1) is 25.0. The van der Waals surface area contributed by atoms with Gasteiger partial charge in [-0.25, -0.2) is 9.08 Å². The number of methoxy groups -OCH3 is 2. The summed E-state index contributed by atoms with van der Waals surface area (Å²) in [6, 6.07) is 9.49. The van der Waals surface area contributed by atoms with Gasteiger partial charge < -0.3 is 23.1 Å². The number of hydrogen-bond acceptors (Lipinski definition) is 10. The normalized spacial score (nSPS) is 15.3. The molecule has 1 unspecified atom stereocenters. The molecule has 12 heteroatoms. The molecule has 1 atom stereocenters. The second-order valence-corrected chi connectivity index (χ2v) is 8.58. The lowest BCUT2D eigenvalue weighted by molar-refractivity contribution is 0.0774. The molecular formula is C22H26N2O9S. The number of cyclic esters (lactones) is 1. The first-order valence-electron chi connectivity index (χ1n) is 10.3. The van der Waals surface area contributed by atoms with Crippen LogP contribution in [0.2, 0.25) is 0 Å². The van der Waals surface area contributed by atoms with E-state index in [2.05, 4.69) is 14.8 Å². The molecule has 0 radical (unpaired) electrons. The van der Waals surface area contributed by atoms with Crippen molar-refractivity contribution in [2.75, 3.05) is 26.1 Å². The molecule has 3 rings (SSSR count). The van der Waals surface area contributed by atoms with E-state index in [0.29, 0.717) is 22.9 Å². The molecule has 11 nitrogen and oxygen atoms in total. The molecule has 0 spiro atoms. The Morgan fingerprint density at radius 3 is 2.53 bits per heavy atom. The molecule has 0 saturated heterocycles. The molecule has 2 aromatic rings. The van der Waals surface area contributed by atoms with Crippen LogP contribution in [0.1, 0.15) is 31.9 Å². The van der Waals surface area contributed by atoms with Crippen LogP contribution in [0.3, 0.4) is 0 Å². The zero-order chi connectivity index (χ0) is 24.7. The van der Waals surface area contributed by atoms with Gasteiger partial charge >= 0.3 is 16.5 Å². The summed E-state index contributed by atoms with van der Waals surface area (Å²) in [5, 5.41) is 6.08. The van der Waals surface area contributed by atoms with Crippen LogP contribution in [-0.4, -0.2) is 41.6 Å². The Morgan fingerprint density at radius 1 is 1.09 bits per heavy atom. The quantitative estimate of drug-likeness (QED) is 0.279. The standard InChI is InChI=1S/C22H26N2O9S/c1-14(2)21-17-12-15(6-8-18(17)24-22(25)31-21)30-11-5-10-23-33-34(26,27)32-16-7-9-19(28-3)20(13-16)29-4/h6-10,12-14,21H,5,11H2,1-4H3,(H,24,25). The molecule has 0 aromatic heterocycles. The third-order valence-corrected chi connectivity index (χ3v) is 5.35. The van der Waals surface area contributed by atoms with Crippen LogP contribution in [-0.2, 0) is 19.4 Å². The highest BCUT2D eigenvalue weighted by molar-refractivity contribution is 7.82. The van der Waals surface area contributed by atoms with Crippen LogP contribution in [0, 0.1) is 5.92 Å². The molecule has 1 heterocycles. The van der Waals surface area contributed by atoms with E-state index < -0.39 is 16.5 Å². The Bertz CT molecular complexity index is 1150. The van der Waals surface area contributed by atoms with Crippen LogP contribution in [0.15, 0.2) is 41.6 Å². The number of oxime groups is 1. The van der Waals surface area contributed by atoms with Gasteiger partial charge in [-0.15, -0.1) is 8.42 Å². The average Bonchev–Trinajstić information content (AvgIpc) is 2.80. The molecule has 184 valence electrons. The Kier molecular flexibility index (Phi) is 8.05. The summed E-state index contributed by atoms with van der Waals surface area (Å²) in [4.78, 5) is 11.7. The van der Waals surface area contributed by atoms with E-state index in [1.807, 2.05) is 13.8 Å². The topological polar surface area (TPSA) is 131 Å². The van der Waals surface area contributed by atoms with Crippen molar-refractivity contribution in [3.8, 4) is 23.0 Å². The lowest BCUT2D eigenvalue weighted by Crippen LogP contribution is -2.27. The number of nitrogens with one attached hydrogen (secondary N) is 1. The van der Waals surface area contributed by atoms with Crippen LogP contribution in [0.4, 0.5) is 10.5 Å². The van der Waals surface area contributed by atoms with Crippen molar-refractivity contribution in [1.82, 2.24) is 0 Å². The maximum Gasteiger partial charge on any atom is 0.521 e. The van der Waals surface area contributed by atoms with E-state index >= 15 is 0 Å². The van der Waals surface area contributed by atoms with E-state index in [1.54, 1.807) is 18.2 Å². The van der Waals surface area contributed by atoms with Crippen LogP contribution >= 0.6 is 0 Å². The van der Waals surface area contributed by atoms with E-state index in [4.69, 9.17) is 23.1 Å². The fraction of sp³-hybridized carbons (Fsp3) is 0.364. The fourth-order valence-electron chi connectivity index (χ4n) is 3.16. The molecule has 0 saturated carbocycles. The molecule has 1 aliphatic rings. The van der Waals surface area contributed by atoms with Gasteiger partial charge in [-0.2, -0.15) is 0 Å². The maximum absolute atomic E-state index is 12.0. The number of benzene rings is 2. The van der Waals surface area contributed by atoms with Gasteiger partial charge in [0.1, 0.15) is 17.6 Å². The highest BCUT2D eigenvalue weighted by Crippen LogP contribution is 2.37. The van der Waals surface area contributed by atoms with Gasteiger partial charge in [-0.3, -0.25) is 5.32 Å². The lowest BCUT2D eigenvalue weighted by atomic mass is 9.96. The third kappa shape index (κ3) is 6.44. The van der Waals surface area contributed by atoms with Crippen LogP contribution in [0.25, 0.3) is 0 Å². The van der Waals surface area contributed by atoms with Gasteiger partial charge in [0.25, 0.3) is 0 Å². The summed E-state index contributed by atoms with van der Waals surface area (Å²) in [5.41, 5.74) is 1.50. The van der Waals surface area contributed by atoms with Crippen molar-refractivity contribution >= 4 is 28.4 Å². The number of amides is 1. The fourth-order valence-corrected chi connectivity index (χ4v) is 3.70. The monoisotopic (exact) mass is 494 g/mol. The first-order chi connectivity index (χ1) is 16.2. The zero-order valence-electron chi connectivity index (χ0n) is 19.1. The number of rotatable bonds is 11. The van der Waals surface area contributed by atoms with Gasteiger partial charge in [-0.05, 0) is 36.2 Å². The van der Waals surface area contributed by atoms with Crippen molar-refractivity contribution in [3.05, 3.63) is 42.0 Å². The molecule has 0 bridgehead atoms. The summed E-state index contributed by atoms with van der Waals surface area (Å²) in [6.45, 7) is 4.13. The predicted molar refractivity (Wildman–Crippen MR) is 123 cm³/mol. The molecule has 0 fully saturated rings. The minimum absolute atomic E-state index is 0.0246. The van der Waals surface area contributed by atoms with Gasteiger partial charge in [0.2, 0.25) is 0 Å². The van der Waals surface area contributed by atoms with Crippen molar-refractivity contribution < 1.29 is 40.6 Å². The minimum atomic E-state index is -4.43. The molecule has 2 aromatic carbocycles. The third-order valence-electron chi connectivity index (χ3n) is 4.68. The molecular weight excluding hydrogens is 468 g/mol. The number of fused-ring (bicyclic) bond motifs is 1. The van der Waals surface area contributed by atoms with Crippen molar-refractivity contribution in [3.63, 3.8) is 0 Å². The Labute approximate surface area is 197 Å². The summed E-state index contributed by atoms with van der Waals surface area (Å²) in [7, 11) is -1.56. The van der Waals surface area contributed by atoms with Crippen molar-refractivity contribution in [2.45, 2.75) is 26.4 Å². The summed E-state index contributed by atoms with van der Waals surface area (Å²) < 4.78 is 54.4. The highest BCUT2D eigenvalue weighted by atomic mass is 32.3. The van der Waals surface area contributed by atoms with E-state index in [0.717, 1.165) is 5.56 Å². The molecule has 1 amide bonds. The van der Waals surface area contributed by atoms with Gasteiger partial charge in [0, 0.05) is 24.3 Å². The average molecular weight is 495 g/mol. The second kappa shape index (κ2) is 11.0. The van der Waals surface area contributed by atoms with E-state index in [1.165, 1.54) is 38.6 Å². The molecule has 0 aliphatic carbocycles.